The second-order valence-corrected chi connectivity index (χ2v) is 5.21. The van der Waals surface area contributed by atoms with Crippen molar-refractivity contribution in [2.75, 3.05) is 5.73 Å². The van der Waals surface area contributed by atoms with Crippen LogP contribution in [-0.4, -0.2) is 15.1 Å². The standard InChI is InChI=1S/C16H16N4O/c1-10(2)11-3-5-12(6-4-11)15-19-16(21-20-15)13-7-14(17)9-18-8-13/h3-10H,17H2,1-2H3. The van der Waals surface area contributed by atoms with Crippen LogP contribution in [0.5, 0.6) is 0 Å². The van der Waals surface area contributed by atoms with E-state index >= 15 is 0 Å². The average molecular weight is 280 g/mol. The van der Waals surface area contributed by atoms with Gasteiger partial charge in [-0.05, 0) is 17.5 Å². The summed E-state index contributed by atoms with van der Waals surface area (Å²) in [5, 5.41) is 4.01. The topological polar surface area (TPSA) is 77.8 Å². The molecule has 0 fully saturated rings. The molecule has 0 spiro atoms. The lowest BCUT2D eigenvalue weighted by Gasteiger charge is -2.04. The maximum absolute atomic E-state index is 5.71. The van der Waals surface area contributed by atoms with Crippen molar-refractivity contribution >= 4 is 5.69 Å². The molecule has 0 aliphatic rings. The quantitative estimate of drug-likeness (QED) is 0.794. The van der Waals surface area contributed by atoms with Crippen LogP contribution in [0.15, 0.2) is 47.2 Å². The van der Waals surface area contributed by atoms with E-state index < -0.39 is 0 Å². The first-order valence-electron chi connectivity index (χ1n) is 6.78. The zero-order valence-electron chi connectivity index (χ0n) is 11.9. The smallest absolute Gasteiger partial charge is 0.259 e. The number of pyridine rings is 1. The number of nitrogen functional groups attached to an aromatic ring is 1. The summed E-state index contributed by atoms with van der Waals surface area (Å²) in [5.74, 6) is 1.47. The lowest BCUT2D eigenvalue weighted by atomic mass is 10.0. The van der Waals surface area contributed by atoms with Gasteiger partial charge in [-0.2, -0.15) is 4.98 Å². The largest absolute Gasteiger partial charge is 0.397 e. The molecule has 1 aromatic carbocycles. The number of hydrogen-bond donors (Lipinski definition) is 1. The minimum atomic E-state index is 0.415. The predicted molar refractivity (Wildman–Crippen MR) is 81.5 cm³/mol. The van der Waals surface area contributed by atoms with Crippen molar-refractivity contribution in [2.24, 2.45) is 0 Å². The lowest BCUT2D eigenvalue weighted by molar-refractivity contribution is 0.432. The van der Waals surface area contributed by atoms with Crippen LogP contribution in [0.1, 0.15) is 25.3 Å². The highest BCUT2D eigenvalue weighted by Gasteiger charge is 2.11. The Morgan fingerprint density at radius 1 is 1.05 bits per heavy atom. The van der Waals surface area contributed by atoms with E-state index in [9.17, 15) is 0 Å². The van der Waals surface area contributed by atoms with Crippen molar-refractivity contribution in [1.29, 1.82) is 0 Å². The third-order valence-electron chi connectivity index (χ3n) is 3.27. The molecule has 2 N–H and O–H groups in total. The van der Waals surface area contributed by atoms with Crippen LogP contribution in [0.3, 0.4) is 0 Å². The van der Waals surface area contributed by atoms with Gasteiger partial charge in [0.25, 0.3) is 5.89 Å². The Morgan fingerprint density at radius 3 is 2.48 bits per heavy atom. The monoisotopic (exact) mass is 280 g/mol. The van der Waals surface area contributed by atoms with Crippen molar-refractivity contribution in [2.45, 2.75) is 19.8 Å². The van der Waals surface area contributed by atoms with Gasteiger partial charge in [-0.25, -0.2) is 0 Å². The van der Waals surface area contributed by atoms with Crippen LogP contribution < -0.4 is 5.73 Å². The molecule has 0 saturated carbocycles. The van der Waals surface area contributed by atoms with Crippen molar-refractivity contribution in [1.82, 2.24) is 15.1 Å². The second-order valence-electron chi connectivity index (χ2n) is 5.21. The molecule has 5 heteroatoms. The van der Waals surface area contributed by atoms with Gasteiger partial charge in [0.2, 0.25) is 5.82 Å². The van der Waals surface area contributed by atoms with Gasteiger partial charge in [-0.1, -0.05) is 43.3 Å². The fourth-order valence-corrected chi connectivity index (χ4v) is 2.05. The van der Waals surface area contributed by atoms with Crippen molar-refractivity contribution in [3.8, 4) is 22.8 Å². The number of rotatable bonds is 3. The summed E-state index contributed by atoms with van der Waals surface area (Å²) in [6, 6.07) is 9.92. The molecule has 0 aliphatic carbocycles. The maximum atomic E-state index is 5.71. The summed E-state index contributed by atoms with van der Waals surface area (Å²) in [5.41, 5.74) is 9.19. The van der Waals surface area contributed by atoms with Gasteiger partial charge in [0.15, 0.2) is 0 Å². The van der Waals surface area contributed by atoms with Crippen molar-refractivity contribution in [3.63, 3.8) is 0 Å². The number of aromatic nitrogens is 3. The van der Waals surface area contributed by atoms with E-state index in [2.05, 4.69) is 41.1 Å². The fourth-order valence-electron chi connectivity index (χ4n) is 2.05. The van der Waals surface area contributed by atoms with Gasteiger partial charge in [0.05, 0.1) is 11.3 Å². The van der Waals surface area contributed by atoms with Crippen LogP contribution in [0.2, 0.25) is 0 Å². The molecule has 0 unspecified atom stereocenters. The number of nitrogens with zero attached hydrogens (tertiary/aromatic N) is 3. The summed E-state index contributed by atoms with van der Waals surface area (Å²) >= 11 is 0. The van der Waals surface area contributed by atoms with Gasteiger partial charge < -0.3 is 10.3 Å². The van der Waals surface area contributed by atoms with Crippen LogP contribution in [0, 0.1) is 0 Å². The van der Waals surface area contributed by atoms with Crippen molar-refractivity contribution in [3.05, 3.63) is 48.3 Å². The fraction of sp³-hybridized carbons (Fsp3) is 0.188. The van der Waals surface area contributed by atoms with Crippen LogP contribution >= 0.6 is 0 Å². The molecule has 3 aromatic rings. The first-order valence-corrected chi connectivity index (χ1v) is 6.78. The van der Waals surface area contributed by atoms with E-state index in [1.54, 1.807) is 18.5 Å². The van der Waals surface area contributed by atoms with E-state index in [-0.39, 0.29) is 0 Å². The zero-order valence-corrected chi connectivity index (χ0v) is 11.9. The lowest BCUT2D eigenvalue weighted by Crippen LogP contribution is -1.88. The number of benzene rings is 1. The predicted octanol–water partition coefficient (Wildman–Crippen LogP) is 3.50. The summed E-state index contributed by atoms with van der Waals surface area (Å²) in [7, 11) is 0. The number of anilines is 1. The Balaban J connectivity index is 1.91. The highest BCUT2D eigenvalue weighted by Crippen LogP contribution is 2.24. The number of hydrogen-bond acceptors (Lipinski definition) is 5. The third kappa shape index (κ3) is 2.76. The summed E-state index contributed by atoms with van der Waals surface area (Å²) in [6.07, 6.45) is 3.22. The third-order valence-corrected chi connectivity index (χ3v) is 3.27. The molecular weight excluding hydrogens is 264 g/mol. The summed E-state index contributed by atoms with van der Waals surface area (Å²) in [6.45, 7) is 4.32. The number of nitrogens with two attached hydrogens (primary N) is 1. The molecule has 0 atom stereocenters. The average Bonchev–Trinajstić information content (AvgIpc) is 2.97. The van der Waals surface area contributed by atoms with Gasteiger partial charge in [0.1, 0.15) is 0 Å². The molecule has 0 aliphatic heterocycles. The summed E-state index contributed by atoms with van der Waals surface area (Å²) in [4.78, 5) is 8.41. The van der Waals surface area contributed by atoms with E-state index in [4.69, 9.17) is 10.3 Å². The SMILES string of the molecule is CC(C)c1ccc(-c2noc(-c3cncc(N)c3)n2)cc1. The Bertz CT molecular complexity index is 747. The Kier molecular flexibility index (Phi) is 3.39. The molecule has 5 nitrogen and oxygen atoms in total. The molecule has 2 aromatic heterocycles. The highest BCUT2D eigenvalue weighted by atomic mass is 16.5. The normalized spacial score (nSPS) is 11.0. The van der Waals surface area contributed by atoms with E-state index in [1.165, 1.54) is 5.56 Å². The van der Waals surface area contributed by atoms with Gasteiger partial charge in [-0.15, -0.1) is 0 Å². The van der Waals surface area contributed by atoms with Gasteiger partial charge in [-0.3, -0.25) is 4.98 Å². The first kappa shape index (κ1) is 13.3. The Hall–Kier alpha value is -2.69. The molecule has 0 radical (unpaired) electrons. The Labute approximate surface area is 122 Å². The second kappa shape index (κ2) is 5.36. The van der Waals surface area contributed by atoms with Gasteiger partial charge in [0, 0.05) is 18.0 Å². The van der Waals surface area contributed by atoms with E-state index in [0.29, 0.717) is 28.9 Å². The molecule has 0 saturated heterocycles. The van der Waals surface area contributed by atoms with E-state index in [0.717, 1.165) is 5.56 Å². The van der Waals surface area contributed by atoms with Crippen LogP contribution in [0.25, 0.3) is 22.8 Å². The molecule has 21 heavy (non-hydrogen) atoms. The Morgan fingerprint density at radius 2 is 1.81 bits per heavy atom. The maximum Gasteiger partial charge on any atom is 0.259 e. The summed E-state index contributed by atoms with van der Waals surface area (Å²) < 4.78 is 5.28. The molecular formula is C16H16N4O. The van der Waals surface area contributed by atoms with Crippen molar-refractivity contribution < 1.29 is 4.52 Å². The minimum absolute atomic E-state index is 0.415. The van der Waals surface area contributed by atoms with Gasteiger partial charge >= 0.3 is 0 Å². The highest BCUT2D eigenvalue weighted by molar-refractivity contribution is 5.61. The molecule has 0 amide bonds. The molecule has 106 valence electrons. The first-order chi connectivity index (χ1) is 10.1. The van der Waals surface area contributed by atoms with Crippen LogP contribution in [-0.2, 0) is 0 Å². The van der Waals surface area contributed by atoms with E-state index in [1.807, 2.05) is 12.1 Å². The molecule has 2 heterocycles. The zero-order chi connectivity index (χ0) is 14.8. The van der Waals surface area contributed by atoms with Crippen LogP contribution in [0.4, 0.5) is 5.69 Å². The molecule has 0 bridgehead atoms. The molecule has 3 rings (SSSR count). The minimum Gasteiger partial charge on any atom is -0.397 e.